The number of benzene rings is 2. The average molecular weight is 375 g/mol. The molecule has 0 saturated heterocycles. The Morgan fingerprint density at radius 3 is 2.58 bits per heavy atom. The molecule has 0 bridgehead atoms. The summed E-state index contributed by atoms with van der Waals surface area (Å²) in [4.78, 5) is 38.6. The number of aliphatic carboxylic acids is 1. The van der Waals surface area contributed by atoms with E-state index in [-0.39, 0.29) is 17.7 Å². The maximum atomic E-state index is 14.0. The second-order valence-electron chi connectivity index (χ2n) is 5.50. The van der Waals surface area contributed by atoms with Crippen LogP contribution in [0.1, 0.15) is 5.56 Å². The maximum Gasteiger partial charge on any atom is 0.394 e. The third kappa shape index (κ3) is 3.43. The van der Waals surface area contributed by atoms with Crippen molar-refractivity contribution < 1.29 is 19.1 Å². The topological polar surface area (TPSA) is 90.5 Å². The van der Waals surface area contributed by atoms with Crippen LogP contribution in [-0.4, -0.2) is 22.0 Å². The average Bonchev–Trinajstić information content (AvgIpc) is 2.59. The molecular weight excluding hydrogens is 363 g/mol. The molecular formula is C18H12ClFN2O4. The molecule has 0 aliphatic heterocycles. The van der Waals surface area contributed by atoms with Gasteiger partial charge in [-0.05, 0) is 29.8 Å². The fraction of sp³-hybridized carbons (Fsp3) is 0.0556. The predicted molar refractivity (Wildman–Crippen MR) is 94.8 cm³/mol. The molecule has 6 nitrogen and oxygen atoms in total. The molecule has 2 aromatic carbocycles. The zero-order valence-corrected chi connectivity index (χ0v) is 14.0. The number of rotatable bonds is 3. The molecule has 0 fully saturated rings. The smallest absolute Gasteiger partial charge is 0.394 e. The molecule has 3 aromatic rings. The molecule has 8 heteroatoms. The molecule has 0 spiro atoms. The molecule has 0 saturated carbocycles. The third-order valence-electron chi connectivity index (χ3n) is 3.79. The zero-order valence-electron chi connectivity index (χ0n) is 13.2. The number of nitrogens with zero attached hydrogens (tertiary/aromatic N) is 1. The number of anilines is 1. The van der Waals surface area contributed by atoms with Crippen LogP contribution in [0.3, 0.4) is 0 Å². The summed E-state index contributed by atoms with van der Waals surface area (Å²) in [5, 5.41) is 9.80. The minimum atomic E-state index is -1.66. The second kappa shape index (κ2) is 6.97. The van der Waals surface area contributed by atoms with E-state index in [1.54, 1.807) is 18.2 Å². The molecule has 0 atom stereocenters. The SMILES string of the molecule is O=C(O)C(=O)N(Cc1cc(=O)[nH]c2c(F)cccc12)c1cccc(Cl)c1. The zero-order chi connectivity index (χ0) is 18.8. The summed E-state index contributed by atoms with van der Waals surface area (Å²) < 4.78 is 14.0. The lowest BCUT2D eigenvalue weighted by molar-refractivity contribution is -0.148. The lowest BCUT2D eigenvalue weighted by Crippen LogP contribution is -2.36. The van der Waals surface area contributed by atoms with Crippen LogP contribution in [0.5, 0.6) is 0 Å². The van der Waals surface area contributed by atoms with Gasteiger partial charge in [0.2, 0.25) is 5.56 Å². The van der Waals surface area contributed by atoms with E-state index < -0.39 is 23.3 Å². The van der Waals surface area contributed by atoms with E-state index in [2.05, 4.69) is 4.98 Å². The number of carboxylic acids is 1. The van der Waals surface area contributed by atoms with Gasteiger partial charge in [-0.1, -0.05) is 29.8 Å². The van der Waals surface area contributed by atoms with Gasteiger partial charge >= 0.3 is 11.9 Å². The van der Waals surface area contributed by atoms with Crippen molar-refractivity contribution in [2.24, 2.45) is 0 Å². The highest BCUT2D eigenvalue weighted by molar-refractivity contribution is 6.37. The Morgan fingerprint density at radius 2 is 1.88 bits per heavy atom. The Balaban J connectivity index is 2.15. The summed E-state index contributed by atoms with van der Waals surface area (Å²) in [5.41, 5.74) is -0.0252. The summed E-state index contributed by atoms with van der Waals surface area (Å²) >= 11 is 5.93. The number of carbonyl (C=O) groups is 2. The number of aromatic amines is 1. The van der Waals surface area contributed by atoms with Crippen molar-refractivity contribution in [3.05, 3.63) is 75.3 Å². The van der Waals surface area contributed by atoms with Crippen LogP contribution in [0.25, 0.3) is 10.9 Å². The number of H-pyrrole nitrogens is 1. The van der Waals surface area contributed by atoms with Crippen molar-refractivity contribution in [3.8, 4) is 0 Å². The molecule has 1 heterocycles. The van der Waals surface area contributed by atoms with Gasteiger partial charge in [0.1, 0.15) is 5.82 Å². The molecule has 0 aliphatic rings. The normalized spacial score (nSPS) is 10.7. The number of pyridine rings is 1. The van der Waals surface area contributed by atoms with E-state index in [9.17, 15) is 18.8 Å². The first-order chi connectivity index (χ1) is 12.4. The third-order valence-corrected chi connectivity index (χ3v) is 4.02. The van der Waals surface area contributed by atoms with Gasteiger partial charge in [-0.2, -0.15) is 0 Å². The number of hydrogen-bond donors (Lipinski definition) is 2. The molecule has 1 aromatic heterocycles. The summed E-state index contributed by atoms with van der Waals surface area (Å²) in [6, 6.07) is 11.5. The summed E-state index contributed by atoms with van der Waals surface area (Å²) in [5.74, 6) is -3.48. The molecule has 0 aliphatic carbocycles. The van der Waals surface area contributed by atoms with E-state index in [0.29, 0.717) is 16.0 Å². The first kappa shape index (κ1) is 17.6. The fourth-order valence-corrected chi connectivity index (χ4v) is 2.84. The van der Waals surface area contributed by atoms with E-state index in [1.165, 1.54) is 30.3 Å². The lowest BCUT2D eigenvalue weighted by Gasteiger charge is -2.22. The number of fused-ring (bicyclic) bond motifs is 1. The van der Waals surface area contributed by atoms with Crippen LogP contribution in [-0.2, 0) is 16.1 Å². The highest BCUT2D eigenvalue weighted by Crippen LogP contribution is 2.24. The monoisotopic (exact) mass is 374 g/mol. The molecule has 1 amide bonds. The molecule has 3 rings (SSSR count). The molecule has 0 unspecified atom stereocenters. The van der Waals surface area contributed by atoms with Crippen molar-refractivity contribution in [1.82, 2.24) is 4.98 Å². The first-order valence-corrected chi connectivity index (χ1v) is 7.85. The largest absolute Gasteiger partial charge is 0.474 e. The summed E-state index contributed by atoms with van der Waals surface area (Å²) in [7, 11) is 0. The van der Waals surface area contributed by atoms with E-state index in [4.69, 9.17) is 16.7 Å². The Bertz CT molecular complexity index is 1080. The highest BCUT2D eigenvalue weighted by Gasteiger charge is 2.24. The molecule has 0 radical (unpaired) electrons. The Morgan fingerprint density at radius 1 is 1.15 bits per heavy atom. The lowest BCUT2D eigenvalue weighted by atomic mass is 10.1. The Hall–Kier alpha value is -3.19. The van der Waals surface area contributed by atoms with Crippen molar-refractivity contribution in [3.63, 3.8) is 0 Å². The van der Waals surface area contributed by atoms with Crippen LogP contribution in [0.2, 0.25) is 5.02 Å². The van der Waals surface area contributed by atoms with Crippen molar-refractivity contribution in [2.45, 2.75) is 6.54 Å². The van der Waals surface area contributed by atoms with Crippen LogP contribution in [0, 0.1) is 5.82 Å². The van der Waals surface area contributed by atoms with Gasteiger partial charge in [0.25, 0.3) is 0 Å². The van der Waals surface area contributed by atoms with Gasteiger partial charge < -0.3 is 10.1 Å². The van der Waals surface area contributed by atoms with E-state index in [0.717, 1.165) is 4.90 Å². The minimum absolute atomic E-state index is 0.0104. The Labute approximate surface area is 151 Å². The molecule has 132 valence electrons. The second-order valence-corrected chi connectivity index (χ2v) is 5.93. The van der Waals surface area contributed by atoms with Crippen molar-refractivity contribution in [1.29, 1.82) is 0 Å². The number of hydrogen-bond acceptors (Lipinski definition) is 3. The summed E-state index contributed by atoms with van der Waals surface area (Å²) in [6.07, 6.45) is 0. The van der Waals surface area contributed by atoms with Crippen molar-refractivity contribution >= 4 is 40.1 Å². The number of nitrogens with one attached hydrogen (secondary N) is 1. The van der Waals surface area contributed by atoms with Crippen molar-refractivity contribution in [2.75, 3.05) is 4.90 Å². The van der Waals surface area contributed by atoms with Crippen LogP contribution in [0.4, 0.5) is 10.1 Å². The van der Waals surface area contributed by atoms with Gasteiger partial charge in [0.05, 0.1) is 12.1 Å². The number of halogens is 2. The molecule has 2 N–H and O–H groups in total. The van der Waals surface area contributed by atoms with Gasteiger partial charge in [-0.3, -0.25) is 14.5 Å². The number of amides is 1. The fourth-order valence-electron chi connectivity index (χ4n) is 2.66. The summed E-state index contributed by atoms with van der Waals surface area (Å²) in [6.45, 7) is -0.241. The van der Waals surface area contributed by atoms with Gasteiger partial charge in [-0.25, -0.2) is 9.18 Å². The van der Waals surface area contributed by atoms with Gasteiger partial charge in [0.15, 0.2) is 0 Å². The predicted octanol–water partition coefficient (Wildman–Crippen LogP) is 2.94. The highest BCUT2D eigenvalue weighted by atomic mass is 35.5. The van der Waals surface area contributed by atoms with Gasteiger partial charge in [-0.15, -0.1) is 0 Å². The number of aromatic nitrogens is 1. The number of para-hydroxylation sites is 1. The minimum Gasteiger partial charge on any atom is -0.474 e. The van der Waals surface area contributed by atoms with E-state index >= 15 is 0 Å². The van der Waals surface area contributed by atoms with Crippen LogP contribution < -0.4 is 10.5 Å². The maximum absolute atomic E-state index is 14.0. The molecule has 26 heavy (non-hydrogen) atoms. The van der Waals surface area contributed by atoms with Gasteiger partial charge in [0, 0.05) is 22.2 Å². The number of carbonyl (C=O) groups excluding carboxylic acids is 1. The Kier molecular flexibility index (Phi) is 4.73. The van der Waals surface area contributed by atoms with E-state index in [1.807, 2.05) is 0 Å². The van der Waals surface area contributed by atoms with Crippen LogP contribution >= 0.6 is 11.6 Å². The first-order valence-electron chi connectivity index (χ1n) is 7.47. The quantitative estimate of drug-likeness (QED) is 0.690. The standard InChI is InChI=1S/C18H12ClFN2O4/c19-11-3-1-4-12(8-11)22(17(24)18(25)26)9-10-7-15(23)21-16-13(10)5-2-6-14(16)20/h1-8H,9H2,(H,21,23)(H,25,26). The van der Waals surface area contributed by atoms with Crippen LogP contribution in [0.15, 0.2) is 53.3 Å². The number of carboxylic acid groups (broad SMARTS) is 1.